The summed E-state index contributed by atoms with van der Waals surface area (Å²) in [6.45, 7) is 0.519. The molecular weight excluding hydrogens is 499 g/mol. The highest BCUT2D eigenvalue weighted by atomic mass is 32.2. The number of rotatable bonds is 5. The van der Waals surface area contributed by atoms with E-state index in [0.29, 0.717) is 18.0 Å². The third-order valence-corrected chi connectivity index (χ3v) is 7.51. The summed E-state index contributed by atoms with van der Waals surface area (Å²) in [5.74, 6) is 0.671. The first-order valence-corrected chi connectivity index (χ1v) is 12.5. The van der Waals surface area contributed by atoms with Crippen LogP contribution >= 0.6 is 0 Å². The summed E-state index contributed by atoms with van der Waals surface area (Å²) >= 11 is 0. The van der Waals surface area contributed by atoms with E-state index in [9.17, 15) is 26.7 Å². The standard InChI is InChI=1S/C24H22F3N3O5S/c25-24(26,27)35-15-9-11-16(12-10-15)36(32,33)29-17-13-28-14-20(23(17)31)30-18-5-1-3-7-21(18)34-22-8-4-2-6-19(22)30/h1-12,17,20,23,28-29,31H,13-14H2/t17-,20+,23+/m0/s1. The molecule has 0 unspecified atom stereocenters. The molecule has 3 aromatic carbocycles. The Labute approximate surface area is 205 Å². The molecule has 0 saturated carbocycles. The van der Waals surface area contributed by atoms with Crippen LogP contribution in [-0.4, -0.2) is 51.2 Å². The van der Waals surface area contributed by atoms with Gasteiger partial charge in [-0.05, 0) is 48.5 Å². The maximum absolute atomic E-state index is 13.0. The predicted molar refractivity (Wildman–Crippen MR) is 125 cm³/mol. The average molecular weight is 522 g/mol. The van der Waals surface area contributed by atoms with Crippen LogP contribution in [0, 0.1) is 0 Å². The van der Waals surface area contributed by atoms with E-state index in [1.54, 1.807) is 0 Å². The van der Waals surface area contributed by atoms with Crippen molar-refractivity contribution in [2.24, 2.45) is 0 Å². The van der Waals surface area contributed by atoms with Crippen LogP contribution in [-0.2, 0) is 10.0 Å². The number of nitrogens with zero attached hydrogens (tertiary/aromatic N) is 1. The van der Waals surface area contributed by atoms with Gasteiger partial charge in [0.15, 0.2) is 11.5 Å². The van der Waals surface area contributed by atoms with Crippen molar-refractivity contribution in [3.63, 3.8) is 0 Å². The third-order valence-electron chi connectivity index (χ3n) is 6.00. The second-order valence-electron chi connectivity index (χ2n) is 8.37. The third kappa shape index (κ3) is 4.85. The van der Waals surface area contributed by atoms with Crippen molar-refractivity contribution in [1.29, 1.82) is 0 Å². The van der Waals surface area contributed by atoms with E-state index < -0.39 is 40.3 Å². The van der Waals surface area contributed by atoms with Gasteiger partial charge >= 0.3 is 6.36 Å². The van der Waals surface area contributed by atoms with Crippen molar-refractivity contribution in [1.82, 2.24) is 10.0 Å². The van der Waals surface area contributed by atoms with E-state index in [0.717, 1.165) is 35.6 Å². The molecule has 2 aliphatic heterocycles. The average Bonchev–Trinajstić information content (AvgIpc) is 2.83. The molecule has 0 radical (unpaired) electrons. The van der Waals surface area contributed by atoms with Gasteiger partial charge in [-0.25, -0.2) is 13.1 Å². The number of para-hydroxylation sites is 4. The number of aliphatic hydroxyl groups is 1. The van der Waals surface area contributed by atoms with Crippen molar-refractivity contribution in [2.45, 2.75) is 29.4 Å². The van der Waals surface area contributed by atoms with Gasteiger partial charge in [-0.15, -0.1) is 13.2 Å². The summed E-state index contributed by atoms with van der Waals surface area (Å²) in [5.41, 5.74) is 1.46. The second kappa shape index (κ2) is 9.28. The van der Waals surface area contributed by atoms with Crippen LogP contribution in [0.5, 0.6) is 17.2 Å². The first-order chi connectivity index (χ1) is 17.1. The van der Waals surface area contributed by atoms with Gasteiger partial charge < -0.3 is 24.8 Å². The topological polar surface area (TPSA) is 100 Å². The lowest BCUT2D eigenvalue weighted by Gasteiger charge is -2.45. The molecule has 0 spiro atoms. The number of ether oxygens (including phenoxy) is 2. The van der Waals surface area contributed by atoms with E-state index in [1.807, 2.05) is 53.4 Å². The Kier molecular flexibility index (Phi) is 6.29. The molecule has 3 atom stereocenters. The zero-order chi connectivity index (χ0) is 25.5. The summed E-state index contributed by atoms with van der Waals surface area (Å²) < 4.78 is 75.4. The van der Waals surface area contributed by atoms with Gasteiger partial charge in [0.2, 0.25) is 10.0 Å². The predicted octanol–water partition coefficient (Wildman–Crippen LogP) is 3.51. The number of hydrogen-bond donors (Lipinski definition) is 3. The Bertz CT molecular complexity index is 1310. The molecule has 36 heavy (non-hydrogen) atoms. The number of benzene rings is 3. The van der Waals surface area contributed by atoms with Crippen LogP contribution in [0.3, 0.4) is 0 Å². The number of alkyl halides is 3. The first-order valence-electron chi connectivity index (χ1n) is 11.0. The number of aliphatic hydroxyl groups excluding tert-OH is 1. The lowest BCUT2D eigenvalue weighted by Crippen LogP contribution is -2.64. The maximum atomic E-state index is 13.0. The van der Waals surface area contributed by atoms with Gasteiger partial charge in [0.25, 0.3) is 0 Å². The number of halogens is 3. The van der Waals surface area contributed by atoms with Crippen LogP contribution in [0.15, 0.2) is 77.7 Å². The van der Waals surface area contributed by atoms with Crippen molar-refractivity contribution in [3.05, 3.63) is 72.8 Å². The van der Waals surface area contributed by atoms with Gasteiger partial charge in [-0.2, -0.15) is 0 Å². The highest BCUT2D eigenvalue weighted by Crippen LogP contribution is 2.48. The Morgan fingerprint density at radius 1 is 0.944 bits per heavy atom. The fourth-order valence-electron chi connectivity index (χ4n) is 4.43. The van der Waals surface area contributed by atoms with E-state index >= 15 is 0 Å². The lowest BCUT2D eigenvalue weighted by molar-refractivity contribution is -0.274. The number of nitrogens with one attached hydrogen (secondary N) is 2. The van der Waals surface area contributed by atoms with Crippen LogP contribution < -0.4 is 24.4 Å². The molecule has 0 bridgehead atoms. The van der Waals surface area contributed by atoms with Crippen molar-refractivity contribution in [2.75, 3.05) is 18.0 Å². The van der Waals surface area contributed by atoms with Crippen molar-refractivity contribution in [3.8, 4) is 17.2 Å². The molecule has 190 valence electrons. The van der Waals surface area contributed by atoms with E-state index in [-0.39, 0.29) is 11.4 Å². The molecule has 3 aromatic rings. The fourth-order valence-corrected chi connectivity index (χ4v) is 5.68. The van der Waals surface area contributed by atoms with Gasteiger partial charge in [-0.1, -0.05) is 24.3 Å². The zero-order valence-corrected chi connectivity index (χ0v) is 19.5. The van der Waals surface area contributed by atoms with E-state index in [4.69, 9.17) is 4.74 Å². The Morgan fingerprint density at radius 2 is 1.53 bits per heavy atom. The van der Waals surface area contributed by atoms with Gasteiger partial charge in [0, 0.05) is 13.1 Å². The minimum atomic E-state index is -4.89. The molecule has 12 heteroatoms. The summed E-state index contributed by atoms with van der Waals surface area (Å²) in [4.78, 5) is 1.67. The first kappa shape index (κ1) is 24.4. The molecule has 2 aliphatic rings. The molecule has 5 rings (SSSR count). The van der Waals surface area contributed by atoms with Gasteiger partial charge in [-0.3, -0.25) is 0 Å². The molecule has 1 saturated heterocycles. The molecule has 1 fully saturated rings. The van der Waals surface area contributed by atoms with Crippen molar-refractivity contribution >= 4 is 21.4 Å². The Morgan fingerprint density at radius 3 is 2.11 bits per heavy atom. The number of sulfonamides is 1. The molecular formula is C24H22F3N3O5S. The Hall–Kier alpha value is -3.32. The Balaban J connectivity index is 1.39. The largest absolute Gasteiger partial charge is 0.573 e. The SMILES string of the molecule is O=S(=O)(N[C@H]1CNC[C@@H](N2c3ccccc3Oc3ccccc32)[C@@H]1O)c1ccc(OC(F)(F)F)cc1. The summed E-state index contributed by atoms with van der Waals surface area (Å²) in [5, 5.41) is 14.5. The number of fused-ring (bicyclic) bond motifs is 2. The lowest BCUT2D eigenvalue weighted by atomic mass is 9.96. The molecule has 0 aromatic heterocycles. The van der Waals surface area contributed by atoms with Gasteiger partial charge in [0.1, 0.15) is 5.75 Å². The fraction of sp³-hybridized carbons (Fsp3) is 0.250. The minimum absolute atomic E-state index is 0.153. The molecule has 2 heterocycles. The molecule has 3 N–H and O–H groups in total. The number of hydrogen-bond acceptors (Lipinski definition) is 7. The zero-order valence-electron chi connectivity index (χ0n) is 18.6. The minimum Gasteiger partial charge on any atom is -0.453 e. The van der Waals surface area contributed by atoms with E-state index in [2.05, 4.69) is 14.8 Å². The highest BCUT2D eigenvalue weighted by molar-refractivity contribution is 7.89. The molecule has 0 amide bonds. The van der Waals surface area contributed by atoms with Crippen LogP contribution in [0.4, 0.5) is 24.5 Å². The molecule has 0 aliphatic carbocycles. The normalized spacial score (nSPS) is 21.8. The van der Waals surface area contributed by atoms with Crippen LogP contribution in [0.2, 0.25) is 0 Å². The quantitative estimate of drug-likeness (QED) is 0.473. The highest BCUT2D eigenvalue weighted by Gasteiger charge is 2.41. The summed E-state index contributed by atoms with van der Waals surface area (Å²) in [6.07, 6.45) is -6.02. The number of anilines is 2. The maximum Gasteiger partial charge on any atom is 0.573 e. The monoisotopic (exact) mass is 521 g/mol. The number of piperidine rings is 1. The van der Waals surface area contributed by atoms with E-state index in [1.165, 1.54) is 0 Å². The smallest absolute Gasteiger partial charge is 0.453 e. The second-order valence-corrected chi connectivity index (χ2v) is 10.1. The summed E-state index contributed by atoms with van der Waals surface area (Å²) in [7, 11) is -4.16. The van der Waals surface area contributed by atoms with Crippen molar-refractivity contribution < 1.29 is 36.2 Å². The summed E-state index contributed by atoms with van der Waals surface area (Å²) in [6, 6.07) is 17.1. The van der Waals surface area contributed by atoms with Crippen LogP contribution in [0.25, 0.3) is 0 Å². The van der Waals surface area contributed by atoms with Gasteiger partial charge in [0.05, 0.1) is 34.5 Å². The van der Waals surface area contributed by atoms with Crippen LogP contribution in [0.1, 0.15) is 0 Å². The molecule has 8 nitrogen and oxygen atoms in total.